The summed E-state index contributed by atoms with van der Waals surface area (Å²) in [5.74, 6) is -0.114. The van der Waals surface area contributed by atoms with Crippen molar-refractivity contribution in [1.82, 2.24) is 10.3 Å². The number of rotatable bonds is 5. The Morgan fingerprint density at radius 1 is 1.86 bits per heavy atom. The number of thiazole rings is 1. The standard InChI is InChI=1S/C10H14N2OS/c1-3-9(13)12-8(2)4-5-10-11-6-7-14-10/h3,6-8H,1,4-5H2,2H3,(H,12,13). The lowest BCUT2D eigenvalue weighted by atomic mass is 10.2. The maximum Gasteiger partial charge on any atom is 0.243 e. The number of hydrogen-bond donors (Lipinski definition) is 1. The highest BCUT2D eigenvalue weighted by Gasteiger charge is 2.05. The van der Waals surface area contributed by atoms with E-state index in [-0.39, 0.29) is 11.9 Å². The predicted octanol–water partition coefficient (Wildman–Crippen LogP) is 1.77. The van der Waals surface area contributed by atoms with Gasteiger partial charge in [0, 0.05) is 24.0 Å². The molecule has 14 heavy (non-hydrogen) atoms. The largest absolute Gasteiger partial charge is 0.350 e. The van der Waals surface area contributed by atoms with Crippen LogP contribution >= 0.6 is 11.3 Å². The van der Waals surface area contributed by atoms with Gasteiger partial charge in [-0.15, -0.1) is 11.3 Å². The van der Waals surface area contributed by atoms with E-state index in [4.69, 9.17) is 0 Å². The molecule has 3 nitrogen and oxygen atoms in total. The van der Waals surface area contributed by atoms with Crippen LogP contribution in [0.25, 0.3) is 0 Å². The minimum atomic E-state index is -0.114. The van der Waals surface area contributed by atoms with Crippen LogP contribution in [0.15, 0.2) is 24.2 Å². The smallest absolute Gasteiger partial charge is 0.243 e. The molecular weight excluding hydrogens is 196 g/mol. The van der Waals surface area contributed by atoms with Crippen LogP contribution in [0.5, 0.6) is 0 Å². The predicted molar refractivity (Wildman–Crippen MR) is 58.2 cm³/mol. The molecule has 0 saturated heterocycles. The Morgan fingerprint density at radius 3 is 3.21 bits per heavy atom. The summed E-state index contributed by atoms with van der Waals surface area (Å²) in [5.41, 5.74) is 0. The Labute approximate surface area is 87.9 Å². The van der Waals surface area contributed by atoms with E-state index in [2.05, 4.69) is 16.9 Å². The number of nitrogens with zero attached hydrogens (tertiary/aromatic N) is 1. The molecule has 1 aromatic rings. The first kappa shape index (κ1) is 10.9. The highest BCUT2D eigenvalue weighted by molar-refractivity contribution is 7.09. The van der Waals surface area contributed by atoms with Crippen LogP contribution in [-0.4, -0.2) is 16.9 Å². The van der Waals surface area contributed by atoms with Crippen molar-refractivity contribution in [3.63, 3.8) is 0 Å². The average molecular weight is 210 g/mol. The van der Waals surface area contributed by atoms with E-state index >= 15 is 0 Å². The first-order chi connectivity index (χ1) is 6.72. The summed E-state index contributed by atoms with van der Waals surface area (Å²) in [7, 11) is 0. The molecular formula is C10H14N2OS. The van der Waals surface area contributed by atoms with Crippen LogP contribution in [-0.2, 0) is 11.2 Å². The number of aryl methyl sites for hydroxylation is 1. The molecule has 76 valence electrons. The Kier molecular flexibility index (Phi) is 4.32. The van der Waals surface area contributed by atoms with E-state index in [9.17, 15) is 4.79 Å². The van der Waals surface area contributed by atoms with Gasteiger partial charge in [0.05, 0.1) is 5.01 Å². The molecule has 0 saturated carbocycles. The van der Waals surface area contributed by atoms with Crippen molar-refractivity contribution in [3.8, 4) is 0 Å². The summed E-state index contributed by atoms with van der Waals surface area (Å²) >= 11 is 1.65. The van der Waals surface area contributed by atoms with Crippen LogP contribution in [0, 0.1) is 0 Å². The van der Waals surface area contributed by atoms with Gasteiger partial charge < -0.3 is 5.32 Å². The van der Waals surface area contributed by atoms with E-state index in [1.54, 1.807) is 17.5 Å². The summed E-state index contributed by atoms with van der Waals surface area (Å²) < 4.78 is 0. The molecule has 1 unspecified atom stereocenters. The number of carbonyl (C=O) groups excluding carboxylic acids is 1. The molecule has 1 amide bonds. The summed E-state index contributed by atoms with van der Waals surface area (Å²) in [6, 6.07) is 0.171. The van der Waals surface area contributed by atoms with Crippen LogP contribution < -0.4 is 5.32 Å². The van der Waals surface area contributed by atoms with E-state index in [0.717, 1.165) is 17.8 Å². The molecule has 1 atom stereocenters. The SMILES string of the molecule is C=CC(=O)NC(C)CCc1nccs1. The molecule has 1 N–H and O–H groups in total. The molecule has 4 heteroatoms. The number of amides is 1. The maximum atomic E-state index is 10.9. The van der Waals surface area contributed by atoms with Crippen LogP contribution in [0.2, 0.25) is 0 Å². The van der Waals surface area contributed by atoms with E-state index in [0.29, 0.717) is 0 Å². The quantitative estimate of drug-likeness (QED) is 0.752. The van der Waals surface area contributed by atoms with Gasteiger partial charge in [-0.05, 0) is 19.4 Å². The molecule has 0 aliphatic rings. The lowest BCUT2D eigenvalue weighted by molar-refractivity contribution is -0.117. The van der Waals surface area contributed by atoms with Gasteiger partial charge in [0.15, 0.2) is 0 Å². The fourth-order valence-corrected chi connectivity index (χ4v) is 1.73. The minimum Gasteiger partial charge on any atom is -0.350 e. The third-order valence-electron chi connectivity index (χ3n) is 1.85. The average Bonchev–Trinajstić information content (AvgIpc) is 2.67. The fraction of sp³-hybridized carbons (Fsp3) is 0.400. The first-order valence-corrected chi connectivity index (χ1v) is 5.41. The van der Waals surface area contributed by atoms with Crippen molar-refractivity contribution < 1.29 is 4.79 Å². The summed E-state index contributed by atoms with van der Waals surface area (Å²) in [6.07, 6.45) is 4.91. The first-order valence-electron chi connectivity index (χ1n) is 4.53. The molecule has 1 rings (SSSR count). The van der Waals surface area contributed by atoms with Crippen molar-refractivity contribution in [1.29, 1.82) is 0 Å². The van der Waals surface area contributed by atoms with E-state index in [1.807, 2.05) is 12.3 Å². The molecule has 0 aliphatic carbocycles. The van der Waals surface area contributed by atoms with Gasteiger partial charge >= 0.3 is 0 Å². The highest BCUT2D eigenvalue weighted by Crippen LogP contribution is 2.08. The van der Waals surface area contributed by atoms with Crippen molar-refractivity contribution in [3.05, 3.63) is 29.2 Å². The van der Waals surface area contributed by atoms with Gasteiger partial charge in [-0.3, -0.25) is 4.79 Å². The van der Waals surface area contributed by atoms with Gasteiger partial charge in [0.1, 0.15) is 0 Å². The fourth-order valence-electron chi connectivity index (χ4n) is 1.09. The zero-order valence-corrected chi connectivity index (χ0v) is 9.01. The van der Waals surface area contributed by atoms with Gasteiger partial charge in [0.2, 0.25) is 5.91 Å². The van der Waals surface area contributed by atoms with Crippen molar-refractivity contribution in [2.24, 2.45) is 0 Å². The van der Waals surface area contributed by atoms with E-state index in [1.165, 1.54) is 6.08 Å². The monoisotopic (exact) mass is 210 g/mol. The molecule has 1 heterocycles. The van der Waals surface area contributed by atoms with Gasteiger partial charge in [-0.2, -0.15) is 0 Å². The maximum absolute atomic E-state index is 10.9. The van der Waals surface area contributed by atoms with Crippen molar-refractivity contribution in [2.75, 3.05) is 0 Å². The van der Waals surface area contributed by atoms with Crippen molar-refractivity contribution in [2.45, 2.75) is 25.8 Å². The van der Waals surface area contributed by atoms with Crippen LogP contribution in [0.1, 0.15) is 18.4 Å². The van der Waals surface area contributed by atoms with Gasteiger partial charge in [-0.1, -0.05) is 6.58 Å². The Morgan fingerprint density at radius 2 is 2.64 bits per heavy atom. The van der Waals surface area contributed by atoms with Gasteiger partial charge in [-0.25, -0.2) is 4.98 Å². The molecule has 0 spiro atoms. The number of nitrogens with one attached hydrogen (secondary N) is 1. The second kappa shape index (κ2) is 5.54. The lowest BCUT2D eigenvalue weighted by Crippen LogP contribution is -2.31. The second-order valence-electron chi connectivity index (χ2n) is 3.08. The minimum absolute atomic E-state index is 0.114. The normalized spacial score (nSPS) is 12.1. The Hall–Kier alpha value is -1.16. The van der Waals surface area contributed by atoms with Crippen LogP contribution in [0.4, 0.5) is 0 Å². The third kappa shape index (κ3) is 3.70. The molecule has 0 aliphatic heterocycles. The van der Waals surface area contributed by atoms with Crippen molar-refractivity contribution >= 4 is 17.2 Å². The molecule has 0 bridgehead atoms. The molecule has 0 aromatic carbocycles. The van der Waals surface area contributed by atoms with Gasteiger partial charge in [0.25, 0.3) is 0 Å². The number of hydrogen-bond acceptors (Lipinski definition) is 3. The Balaban J connectivity index is 2.24. The third-order valence-corrected chi connectivity index (χ3v) is 2.69. The summed E-state index contributed by atoms with van der Waals surface area (Å²) in [6.45, 7) is 5.38. The number of carbonyl (C=O) groups is 1. The summed E-state index contributed by atoms with van der Waals surface area (Å²) in [5, 5.41) is 5.89. The molecule has 0 radical (unpaired) electrons. The van der Waals surface area contributed by atoms with E-state index < -0.39 is 0 Å². The molecule has 0 fully saturated rings. The Bertz CT molecular complexity index is 295. The molecule has 1 aromatic heterocycles. The zero-order valence-electron chi connectivity index (χ0n) is 8.19. The number of aromatic nitrogens is 1. The topological polar surface area (TPSA) is 42.0 Å². The van der Waals surface area contributed by atoms with Crippen LogP contribution in [0.3, 0.4) is 0 Å². The zero-order chi connectivity index (χ0) is 10.4. The second-order valence-corrected chi connectivity index (χ2v) is 4.06. The lowest BCUT2D eigenvalue weighted by Gasteiger charge is -2.10. The summed E-state index contributed by atoms with van der Waals surface area (Å²) in [4.78, 5) is 15.1. The highest BCUT2D eigenvalue weighted by atomic mass is 32.1.